The number of carbonyl (C=O) groups excluding carboxylic acids is 2. The number of likely N-dealkylation sites (tertiary alicyclic amines) is 1. The lowest BCUT2D eigenvalue weighted by molar-refractivity contribution is -0.161. The van der Waals surface area contributed by atoms with Crippen LogP contribution in [-0.4, -0.2) is 57.4 Å². The van der Waals surface area contributed by atoms with Crippen LogP contribution in [0.4, 0.5) is 0 Å². The highest BCUT2D eigenvalue weighted by Crippen LogP contribution is 2.38. The first-order chi connectivity index (χ1) is 18.0. The molecule has 2 heterocycles. The molecule has 2 aliphatic rings. The molecule has 3 aromatic carbocycles. The number of fused-ring (bicyclic) bond motifs is 2. The van der Waals surface area contributed by atoms with Crippen LogP contribution in [0.2, 0.25) is 0 Å². The zero-order valence-electron chi connectivity index (χ0n) is 20.9. The molecule has 2 fully saturated rings. The number of hydrogen-bond acceptors (Lipinski definition) is 3. The molecule has 0 radical (unpaired) electrons. The SMILES string of the molecule is CC(CC(=O)N1[C@H]2CC[C@@H]1[C@@H](C(=O)O)N(C(=O)C(c1ccccc1)c1ccccc1)C2)c1ccccc1. The van der Waals surface area contributed by atoms with E-state index in [1.165, 1.54) is 4.90 Å². The molecule has 1 unspecified atom stereocenters. The standard InChI is InChI=1S/C31H32N2O4/c1-21(22-11-5-2-6-12-22)19-27(34)33-25-17-18-26(33)29(31(36)37)32(20-25)30(35)28(23-13-7-3-8-14-23)24-15-9-4-10-16-24/h2-16,21,25-26,28-29H,17-20H2,1H3,(H,36,37)/t21?,25-,26+,29-/m0/s1. The molecule has 2 aliphatic heterocycles. The fourth-order valence-electron chi connectivity index (χ4n) is 6.06. The molecule has 0 saturated carbocycles. The van der Waals surface area contributed by atoms with Crippen LogP contribution >= 0.6 is 0 Å². The van der Waals surface area contributed by atoms with Gasteiger partial charge in [0.1, 0.15) is 6.04 Å². The summed E-state index contributed by atoms with van der Waals surface area (Å²) in [6.45, 7) is 2.25. The van der Waals surface area contributed by atoms with Gasteiger partial charge in [-0.05, 0) is 35.4 Å². The lowest BCUT2D eigenvalue weighted by atomic mass is 9.88. The molecule has 2 saturated heterocycles. The van der Waals surface area contributed by atoms with Crippen molar-refractivity contribution in [3.63, 3.8) is 0 Å². The van der Waals surface area contributed by atoms with Crippen molar-refractivity contribution in [1.29, 1.82) is 0 Å². The highest BCUT2D eigenvalue weighted by molar-refractivity contribution is 5.92. The minimum Gasteiger partial charge on any atom is -0.480 e. The minimum atomic E-state index is -1.07. The number of aliphatic carboxylic acids is 1. The van der Waals surface area contributed by atoms with Crippen molar-refractivity contribution >= 4 is 17.8 Å². The summed E-state index contributed by atoms with van der Waals surface area (Å²) in [7, 11) is 0. The molecule has 6 heteroatoms. The molecule has 2 amide bonds. The van der Waals surface area contributed by atoms with Crippen LogP contribution in [0.25, 0.3) is 0 Å². The summed E-state index contributed by atoms with van der Waals surface area (Å²) < 4.78 is 0. The summed E-state index contributed by atoms with van der Waals surface area (Å²) in [6, 6.07) is 27.1. The second kappa shape index (κ2) is 10.6. The topological polar surface area (TPSA) is 77.9 Å². The Labute approximate surface area is 217 Å². The first-order valence-electron chi connectivity index (χ1n) is 12.9. The number of benzene rings is 3. The van der Waals surface area contributed by atoms with Gasteiger partial charge in [-0.3, -0.25) is 9.59 Å². The summed E-state index contributed by atoms with van der Waals surface area (Å²) in [5, 5.41) is 10.3. The first-order valence-corrected chi connectivity index (χ1v) is 12.9. The maximum Gasteiger partial charge on any atom is 0.328 e. The van der Waals surface area contributed by atoms with E-state index in [4.69, 9.17) is 0 Å². The normalized spacial score (nSPS) is 21.6. The average Bonchev–Trinajstić information content (AvgIpc) is 3.23. The molecule has 5 rings (SSSR count). The Hall–Kier alpha value is -3.93. The third-order valence-corrected chi connectivity index (χ3v) is 7.84. The van der Waals surface area contributed by atoms with E-state index in [9.17, 15) is 19.5 Å². The molecule has 0 spiro atoms. The van der Waals surface area contributed by atoms with E-state index in [-0.39, 0.29) is 30.3 Å². The first kappa shape index (κ1) is 24.8. The lowest BCUT2D eigenvalue weighted by Crippen LogP contribution is -2.65. The number of nitrogens with zero attached hydrogens (tertiary/aromatic N) is 2. The smallest absolute Gasteiger partial charge is 0.328 e. The summed E-state index contributed by atoms with van der Waals surface area (Å²) in [5.41, 5.74) is 2.73. The van der Waals surface area contributed by atoms with Gasteiger partial charge in [-0.25, -0.2) is 4.79 Å². The highest BCUT2D eigenvalue weighted by atomic mass is 16.4. The van der Waals surface area contributed by atoms with Crippen molar-refractivity contribution in [3.05, 3.63) is 108 Å². The van der Waals surface area contributed by atoms with Gasteiger partial charge in [-0.15, -0.1) is 0 Å². The van der Waals surface area contributed by atoms with Crippen molar-refractivity contribution in [2.75, 3.05) is 6.54 Å². The fraction of sp³-hybridized carbons (Fsp3) is 0.323. The third-order valence-electron chi connectivity index (χ3n) is 7.84. The Morgan fingerprint density at radius 2 is 1.32 bits per heavy atom. The highest BCUT2D eigenvalue weighted by Gasteiger charge is 2.53. The van der Waals surface area contributed by atoms with Crippen LogP contribution in [0, 0.1) is 0 Å². The number of carboxylic acids is 1. The molecule has 190 valence electrons. The van der Waals surface area contributed by atoms with E-state index in [1.807, 2.05) is 97.9 Å². The average molecular weight is 497 g/mol. The maximum absolute atomic E-state index is 14.1. The van der Waals surface area contributed by atoms with Crippen LogP contribution < -0.4 is 0 Å². The van der Waals surface area contributed by atoms with Crippen molar-refractivity contribution in [1.82, 2.24) is 9.80 Å². The van der Waals surface area contributed by atoms with Crippen LogP contribution in [0.1, 0.15) is 54.7 Å². The summed E-state index contributed by atoms with van der Waals surface area (Å²) in [4.78, 5) is 43.6. The monoisotopic (exact) mass is 496 g/mol. The second-order valence-electron chi connectivity index (χ2n) is 10.1. The molecule has 0 aliphatic carbocycles. The zero-order chi connectivity index (χ0) is 25.9. The van der Waals surface area contributed by atoms with Gasteiger partial charge < -0.3 is 14.9 Å². The Morgan fingerprint density at radius 3 is 1.84 bits per heavy atom. The number of rotatable bonds is 7. The molecular formula is C31H32N2O4. The van der Waals surface area contributed by atoms with Crippen molar-refractivity contribution in [2.24, 2.45) is 0 Å². The van der Waals surface area contributed by atoms with Crippen LogP contribution in [0.3, 0.4) is 0 Å². The molecule has 0 aromatic heterocycles. The van der Waals surface area contributed by atoms with Gasteiger partial charge in [0.2, 0.25) is 11.8 Å². The van der Waals surface area contributed by atoms with Gasteiger partial charge in [0.05, 0.1) is 12.0 Å². The van der Waals surface area contributed by atoms with Gasteiger partial charge in [0, 0.05) is 19.0 Å². The summed E-state index contributed by atoms with van der Waals surface area (Å²) in [5.74, 6) is -1.91. The Balaban J connectivity index is 1.42. The van der Waals surface area contributed by atoms with Crippen molar-refractivity contribution < 1.29 is 19.5 Å². The Bertz CT molecular complexity index is 1210. The molecule has 6 nitrogen and oxygen atoms in total. The predicted molar refractivity (Wildman–Crippen MR) is 141 cm³/mol. The molecule has 4 atom stereocenters. The van der Waals surface area contributed by atoms with Crippen LogP contribution in [0.5, 0.6) is 0 Å². The van der Waals surface area contributed by atoms with Gasteiger partial charge in [-0.1, -0.05) is 97.9 Å². The molecule has 37 heavy (non-hydrogen) atoms. The number of carbonyl (C=O) groups is 3. The van der Waals surface area contributed by atoms with Crippen molar-refractivity contribution in [2.45, 2.75) is 56.1 Å². The summed E-state index contributed by atoms with van der Waals surface area (Å²) in [6.07, 6.45) is 1.59. The van der Waals surface area contributed by atoms with E-state index >= 15 is 0 Å². The predicted octanol–water partition coefficient (Wildman–Crippen LogP) is 4.67. The molecular weight excluding hydrogens is 464 g/mol. The quantitative estimate of drug-likeness (QED) is 0.516. The maximum atomic E-state index is 14.1. The molecule has 1 N–H and O–H groups in total. The summed E-state index contributed by atoms with van der Waals surface area (Å²) >= 11 is 0. The van der Waals surface area contributed by atoms with E-state index in [2.05, 4.69) is 0 Å². The van der Waals surface area contributed by atoms with Gasteiger partial charge >= 0.3 is 5.97 Å². The van der Waals surface area contributed by atoms with Crippen LogP contribution in [0.15, 0.2) is 91.0 Å². The number of amides is 2. The van der Waals surface area contributed by atoms with Gasteiger partial charge in [0.15, 0.2) is 0 Å². The van der Waals surface area contributed by atoms with E-state index in [1.54, 1.807) is 4.90 Å². The van der Waals surface area contributed by atoms with E-state index < -0.39 is 24.0 Å². The molecule has 3 aromatic rings. The van der Waals surface area contributed by atoms with E-state index in [0.717, 1.165) is 16.7 Å². The lowest BCUT2D eigenvalue weighted by Gasteiger charge is -2.46. The largest absolute Gasteiger partial charge is 0.480 e. The Morgan fingerprint density at radius 1 is 0.811 bits per heavy atom. The van der Waals surface area contributed by atoms with Gasteiger partial charge in [-0.2, -0.15) is 0 Å². The van der Waals surface area contributed by atoms with Crippen LogP contribution in [-0.2, 0) is 14.4 Å². The van der Waals surface area contributed by atoms with Crippen molar-refractivity contribution in [3.8, 4) is 0 Å². The third kappa shape index (κ3) is 4.88. The number of carboxylic acid groups (broad SMARTS) is 1. The number of piperazine rings is 1. The minimum absolute atomic E-state index is 0.0246. The fourth-order valence-corrected chi connectivity index (χ4v) is 6.06. The molecule has 2 bridgehead atoms. The van der Waals surface area contributed by atoms with E-state index in [0.29, 0.717) is 19.3 Å². The second-order valence-corrected chi connectivity index (χ2v) is 10.1. The number of hydrogen-bond donors (Lipinski definition) is 1. The zero-order valence-corrected chi connectivity index (χ0v) is 20.9. The Kier molecular flexibility index (Phi) is 7.08. The van der Waals surface area contributed by atoms with Gasteiger partial charge in [0.25, 0.3) is 0 Å².